The maximum Gasteiger partial charge on any atom is 0.306 e. The molecule has 4 N–H and O–H groups in total. The second kappa shape index (κ2) is 15.2. The molecule has 4 aromatic rings. The third-order valence-corrected chi connectivity index (χ3v) is 9.28. The number of likely N-dealkylation sites (tertiary alicyclic amines) is 1. The van der Waals surface area contributed by atoms with E-state index in [0.29, 0.717) is 68.1 Å². The number of carbonyl (C=O) groups excluding carboxylic acids is 1. The zero-order valence-corrected chi connectivity index (χ0v) is 27.6. The van der Waals surface area contributed by atoms with Crippen molar-refractivity contribution in [3.05, 3.63) is 82.6 Å². The number of amides is 1. The van der Waals surface area contributed by atoms with E-state index in [1.54, 1.807) is 24.3 Å². The second-order valence-corrected chi connectivity index (χ2v) is 12.5. The topological polar surface area (TPSA) is 142 Å². The molecular weight excluding hydrogens is 656 g/mol. The molecule has 3 aromatic heterocycles. The first-order valence-corrected chi connectivity index (χ1v) is 16.4. The van der Waals surface area contributed by atoms with E-state index >= 15 is 8.78 Å². The van der Waals surface area contributed by atoms with Crippen molar-refractivity contribution in [1.82, 2.24) is 30.5 Å². The van der Waals surface area contributed by atoms with Gasteiger partial charge in [0.25, 0.3) is 0 Å². The van der Waals surface area contributed by atoms with Crippen molar-refractivity contribution in [3.63, 3.8) is 0 Å². The van der Waals surface area contributed by atoms with E-state index in [4.69, 9.17) is 16.3 Å². The highest BCUT2D eigenvalue weighted by molar-refractivity contribution is 6.35. The SMILES string of the molecule is COc1nc(-c2ccnc(-c3cccc(Nc4nccc(CN5CCC(C(=O)O)CC5)c4F)c3F)c2Cl)ccc1CNCC1CCC(=O)N1. The Morgan fingerprint density at radius 1 is 1.04 bits per heavy atom. The lowest BCUT2D eigenvalue weighted by molar-refractivity contribution is -0.143. The molecule has 1 amide bonds. The maximum absolute atomic E-state index is 16.1. The number of rotatable bonds is 12. The van der Waals surface area contributed by atoms with Gasteiger partial charge in [0.05, 0.1) is 35.1 Å². The number of nitrogens with zero attached hydrogens (tertiary/aromatic N) is 4. The fraction of sp³-hybridized carbons (Fsp3) is 0.343. The first kappa shape index (κ1) is 34.2. The van der Waals surface area contributed by atoms with Crippen molar-refractivity contribution in [2.24, 2.45) is 5.92 Å². The molecule has 0 radical (unpaired) electrons. The van der Waals surface area contributed by atoms with Crippen LogP contribution in [0.15, 0.2) is 54.9 Å². The van der Waals surface area contributed by atoms with Gasteiger partial charge in [0.15, 0.2) is 17.5 Å². The first-order chi connectivity index (χ1) is 23.7. The van der Waals surface area contributed by atoms with Crippen LogP contribution in [0.4, 0.5) is 20.3 Å². The van der Waals surface area contributed by atoms with Gasteiger partial charge in [0, 0.05) is 66.7 Å². The quantitative estimate of drug-likeness (QED) is 0.149. The van der Waals surface area contributed by atoms with Crippen LogP contribution < -0.4 is 20.7 Å². The zero-order chi connectivity index (χ0) is 34.5. The van der Waals surface area contributed by atoms with E-state index < -0.39 is 17.6 Å². The second-order valence-electron chi connectivity index (χ2n) is 12.1. The standard InChI is InChI=1S/C35H36ClF2N7O4/c1-49-34-21(17-39-18-23-6-8-28(46)42-23)5-7-26(44-34)24-10-14-40-32(29(24)36)25-3-2-4-27(31(25)38)43-33-30(37)22(9-13-41-33)19-45-15-11-20(12-16-45)35(47)48/h2-5,7,9-10,13-14,20,23,39H,6,8,11-12,15-19H2,1H3,(H,41,43)(H,42,46)(H,47,48). The Kier molecular flexibility index (Phi) is 10.6. The number of carboxylic acid groups (broad SMARTS) is 1. The van der Waals surface area contributed by atoms with Crippen molar-refractivity contribution >= 4 is 35.0 Å². The minimum absolute atomic E-state index is 0.0135. The van der Waals surface area contributed by atoms with E-state index in [1.165, 1.54) is 31.6 Å². The number of carboxylic acids is 1. The number of benzene rings is 1. The smallest absolute Gasteiger partial charge is 0.306 e. The van der Waals surface area contributed by atoms with Crippen molar-refractivity contribution in [2.45, 2.75) is 44.8 Å². The van der Waals surface area contributed by atoms with E-state index in [2.05, 4.69) is 30.9 Å². The highest BCUT2D eigenvalue weighted by atomic mass is 35.5. The normalized spacial score (nSPS) is 16.8. The molecule has 5 heterocycles. The number of nitrogens with one attached hydrogen (secondary N) is 3. The van der Waals surface area contributed by atoms with Crippen LogP contribution in [0, 0.1) is 17.6 Å². The van der Waals surface area contributed by atoms with Gasteiger partial charge in [-0.2, -0.15) is 0 Å². The maximum atomic E-state index is 16.1. The molecular formula is C35H36ClF2N7O4. The number of hydrogen-bond donors (Lipinski definition) is 4. The van der Waals surface area contributed by atoms with E-state index in [1.807, 2.05) is 11.0 Å². The Morgan fingerprint density at radius 3 is 2.57 bits per heavy atom. The Morgan fingerprint density at radius 2 is 1.84 bits per heavy atom. The van der Waals surface area contributed by atoms with Crippen LogP contribution in [0.3, 0.4) is 0 Å². The van der Waals surface area contributed by atoms with Gasteiger partial charge >= 0.3 is 5.97 Å². The van der Waals surface area contributed by atoms with Crippen molar-refractivity contribution < 1.29 is 28.2 Å². The molecule has 11 nitrogen and oxygen atoms in total. The molecule has 1 atom stereocenters. The molecule has 256 valence electrons. The molecule has 2 aliphatic heterocycles. The lowest BCUT2D eigenvalue weighted by atomic mass is 9.97. The van der Waals surface area contributed by atoms with Gasteiger partial charge in [0.1, 0.15) is 0 Å². The molecule has 2 aliphatic rings. The van der Waals surface area contributed by atoms with Crippen molar-refractivity contribution in [2.75, 3.05) is 32.1 Å². The molecule has 0 saturated carbocycles. The third kappa shape index (κ3) is 7.79. The highest BCUT2D eigenvalue weighted by Crippen LogP contribution is 2.38. The van der Waals surface area contributed by atoms with Gasteiger partial charge in [-0.25, -0.2) is 18.7 Å². The number of aliphatic carboxylic acids is 1. The Hall–Kier alpha value is -4.72. The molecule has 49 heavy (non-hydrogen) atoms. The Balaban J connectivity index is 1.18. The minimum Gasteiger partial charge on any atom is -0.481 e. The average Bonchev–Trinajstić information content (AvgIpc) is 3.52. The number of halogens is 3. The summed E-state index contributed by atoms with van der Waals surface area (Å²) in [6, 6.07) is 11.6. The Labute approximate surface area is 287 Å². The summed E-state index contributed by atoms with van der Waals surface area (Å²) >= 11 is 6.84. The lowest BCUT2D eigenvalue weighted by Gasteiger charge is -2.30. The number of pyridine rings is 3. The highest BCUT2D eigenvalue weighted by Gasteiger charge is 2.26. The van der Waals surface area contributed by atoms with Gasteiger partial charge < -0.3 is 25.8 Å². The van der Waals surface area contributed by atoms with Gasteiger partial charge in [-0.05, 0) is 62.7 Å². The van der Waals surface area contributed by atoms with E-state index in [0.717, 1.165) is 12.0 Å². The van der Waals surface area contributed by atoms with Gasteiger partial charge in [-0.1, -0.05) is 23.7 Å². The van der Waals surface area contributed by atoms with Crippen molar-refractivity contribution in [1.29, 1.82) is 0 Å². The van der Waals surface area contributed by atoms with Crippen LogP contribution in [0.25, 0.3) is 22.5 Å². The molecule has 6 rings (SSSR count). The average molecular weight is 692 g/mol. The summed E-state index contributed by atoms with van der Waals surface area (Å²) < 4.78 is 37.2. The zero-order valence-electron chi connectivity index (χ0n) is 26.8. The minimum atomic E-state index is -0.808. The Bertz CT molecular complexity index is 1860. The fourth-order valence-corrected chi connectivity index (χ4v) is 6.49. The van der Waals surface area contributed by atoms with Crippen LogP contribution >= 0.6 is 11.6 Å². The number of piperidine rings is 1. The van der Waals surface area contributed by atoms with Gasteiger partial charge in [-0.3, -0.25) is 19.5 Å². The summed E-state index contributed by atoms with van der Waals surface area (Å²) in [5, 5.41) is 18.5. The number of hydrogen-bond acceptors (Lipinski definition) is 9. The predicted octanol–water partition coefficient (Wildman–Crippen LogP) is 5.55. The molecule has 1 unspecified atom stereocenters. The summed E-state index contributed by atoms with van der Waals surface area (Å²) in [6.45, 7) is 2.46. The van der Waals surface area contributed by atoms with Gasteiger partial charge in [-0.15, -0.1) is 0 Å². The summed E-state index contributed by atoms with van der Waals surface area (Å²) in [4.78, 5) is 37.9. The fourth-order valence-electron chi connectivity index (χ4n) is 6.18. The molecule has 0 aliphatic carbocycles. The lowest BCUT2D eigenvalue weighted by Crippen LogP contribution is -2.36. The molecule has 0 spiro atoms. The van der Waals surface area contributed by atoms with Crippen molar-refractivity contribution in [3.8, 4) is 28.4 Å². The third-order valence-electron chi connectivity index (χ3n) is 8.90. The van der Waals surface area contributed by atoms with Crippen LogP contribution in [0.5, 0.6) is 5.88 Å². The number of aromatic nitrogens is 3. The summed E-state index contributed by atoms with van der Waals surface area (Å²) in [6.07, 6.45) is 5.29. The number of carbonyl (C=O) groups is 2. The van der Waals surface area contributed by atoms with Crippen LogP contribution in [0.2, 0.25) is 5.02 Å². The number of methoxy groups -OCH3 is 1. The largest absolute Gasteiger partial charge is 0.481 e. The van der Waals surface area contributed by atoms with E-state index in [-0.39, 0.29) is 52.2 Å². The monoisotopic (exact) mass is 691 g/mol. The number of anilines is 2. The summed E-state index contributed by atoms with van der Waals surface area (Å²) in [5.41, 5.74) is 2.47. The summed E-state index contributed by atoms with van der Waals surface area (Å²) in [7, 11) is 1.53. The molecule has 0 bridgehead atoms. The molecule has 1 aromatic carbocycles. The van der Waals surface area contributed by atoms with Crippen LogP contribution in [0.1, 0.15) is 36.8 Å². The molecule has 2 saturated heterocycles. The van der Waals surface area contributed by atoms with E-state index in [9.17, 15) is 14.7 Å². The summed E-state index contributed by atoms with van der Waals surface area (Å²) in [5.74, 6) is -2.18. The number of ether oxygens (including phenoxy) is 1. The molecule has 2 fully saturated rings. The van der Waals surface area contributed by atoms with Crippen LogP contribution in [-0.2, 0) is 22.7 Å². The predicted molar refractivity (Wildman–Crippen MR) is 180 cm³/mol. The van der Waals surface area contributed by atoms with Crippen LogP contribution in [-0.4, -0.2) is 69.6 Å². The van der Waals surface area contributed by atoms with Gasteiger partial charge in [0.2, 0.25) is 11.8 Å². The first-order valence-electron chi connectivity index (χ1n) is 16.0. The molecule has 14 heteroatoms.